The topological polar surface area (TPSA) is 248 Å². The molecule has 0 saturated carbocycles. The molecule has 0 aliphatic heterocycles. The van der Waals surface area contributed by atoms with Gasteiger partial charge in [0.15, 0.2) is 22.7 Å². The lowest BCUT2D eigenvalue weighted by Crippen LogP contribution is -2.04. The van der Waals surface area contributed by atoms with Gasteiger partial charge in [-0.3, -0.25) is 0 Å². The highest BCUT2D eigenvalue weighted by molar-refractivity contribution is 7.81. The zero-order valence-electron chi connectivity index (χ0n) is 59.9. The molecular formula is C88H72N16O4S4. The number of hydrogen-bond donors (Lipinski definition) is 8. The molecule has 8 N–H and O–H groups in total. The Morgan fingerprint density at radius 1 is 0.223 bits per heavy atom. The largest absolute Gasteiger partial charge is 0.493 e. The Balaban J connectivity index is 0.000000131. The van der Waals surface area contributed by atoms with Crippen molar-refractivity contribution in [1.29, 1.82) is 0 Å². The van der Waals surface area contributed by atoms with Gasteiger partial charge >= 0.3 is 0 Å². The minimum atomic E-state index is 0.0660. The fraction of sp³-hybridized carbons (Fsp3) is 0.0455. The van der Waals surface area contributed by atoms with E-state index in [9.17, 15) is 20.4 Å². The van der Waals surface area contributed by atoms with Crippen LogP contribution in [0, 0.1) is 0 Å². The van der Waals surface area contributed by atoms with Crippen molar-refractivity contribution in [2.75, 3.05) is 21.3 Å². The van der Waals surface area contributed by atoms with Crippen LogP contribution < -0.4 is 21.3 Å². The molecule has 12 aromatic carbocycles. The van der Waals surface area contributed by atoms with Crippen LogP contribution in [0.1, 0.15) is 22.3 Å². The number of aromatic hydroxyl groups is 4. The molecule has 0 aliphatic rings. The number of nitrogens with zero attached hydrogens (tertiary/aromatic N) is 12. The number of rotatable bonds is 16. The van der Waals surface area contributed by atoms with Gasteiger partial charge in [0.1, 0.15) is 0 Å². The predicted molar refractivity (Wildman–Crippen MR) is 465 cm³/mol. The molecule has 0 atom stereocenters. The summed E-state index contributed by atoms with van der Waals surface area (Å²) >= 11 is 21.0. The van der Waals surface area contributed by atoms with Crippen LogP contribution in [0.25, 0.3) is 43.6 Å². The van der Waals surface area contributed by atoms with Crippen LogP contribution in [-0.4, -0.2) is 59.1 Å². The van der Waals surface area contributed by atoms with E-state index in [4.69, 9.17) is 48.9 Å². The molecule has 0 bridgehead atoms. The summed E-state index contributed by atoms with van der Waals surface area (Å²) in [5.41, 5.74) is 12.9. The summed E-state index contributed by atoms with van der Waals surface area (Å²) in [5.74, 6) is 0.264. The Bertz CT molecular complexity index is 5290. The molecule has 16 rings (SSSR count). The molecule has 112 heavy (non-hydrogen) atoms. The summed E-state index contributed by atoms with van der Waals surface area (Å²) in [7, 11) is 0. The van der Waals surface area contributed by atoms with E-state index >= 15 is 0 Å². The van der Waals surface area contributed by atoms with Crippen molar-refractivity contribution in [3.63, 3.8) is 0 Å². The minimum Gasteiger partial charge on any atom is -0.493 e. The van der Waals surface area contributed by atoms with E-state index in [0.29, 0.717) is 48.9 Å². The minimum absolute atomic E-state index is 0.0660. The maximum atomic E-state index is 10.8. The lowest BCUT2D eigenvalue weighted by Gasteiger charge is -2.07. The van der Waals surface area contributed by atoms with Crippen LogP contribution in [0.3, 0.4) is 0 Å². The molecule has 552 valence electrons. The number of anilines is 4. The van der Waals surface area contributed by atoms with Gasteiger partial charge < -0.3 is 60.0 Å². The normalized spacial score (nSPS) is 11.1. The Labute approximate surface area is 666 Å². The smallest absolute Gasteiger partial charge is 0.221 e. The van der Waals surface area contributed by atoms with Gasteiger partial charge in [-0.25, -0.2) is 0 Å². The first kappa shape index (κ1) is 76.2. The Kier molecular flexibility index (Phi) is 25.6. The highest BCUT2D eigenvalue weighted by Crippen LogP contribution is 2.43. The lowest BCUT2D eigenvalue weighted by atomic mass is 10.2. The highest BCUT2D eigenvalue weighted by Gasteiger charge is 2.21. The SMILES string of the molecule is Oc1c(N=NC(=S)Nc2ccccc2)c2ccccc2n1Cc1ccccc1.Oc1c(N=NC(=S)Nc2ccccc2)c2ccccc2n1Cc1ccccc1.Oc1c(N=NC(=S)Nc2ccccc2)c2ccccc2n1Cc1ccccc1.Oc1c(N=NC(=S)Nc2ccccc2)c2ccccc2n1Cc1ccccc1. The van der Waals surface area contributed by atoms with Crippen molar-refractivity contribution in [2.24, 2.45) is 40.9 Å². The number of nitrogens with one attached hydrogen (secondary N) is 4. The van der Waals surface area contributed by atoms with Gasteiger partial charge in [0, 0.05) is 44.3 Å². The number of para-hydroxylation sites is 8. The van der Waals surface area contributed by atoms with Crippen LogP contribution in [0.5, 0.6) is 23.5 Å². The average molecular weight is 1550 g/mol. The number of benzene rings is 12. The molecule has 0 fully saturated rings. The van der Waals surface area contributed by atoms with E-state index in [1.165, 1.54) is 0 Å². The van der Waals surface area contributed by atoms with E-state index in [1.54, 1.807) is 0 Å². The second-order valence-corrected chi connectivity index (χ2v) is 26.6. The van der Waals surface area contributed by atoms with Crippen molar-refractivity contribution in [1.82, 2.24) is 18.3 Å². The lowest BCUT2D eigenvalue weighted by molar-refractivity contribution is 0.429. The van der Waals surface area contributed by atoms with E-state index < -0.39 is 0 Å². The van der Waals surface area contributed by atoms with Gasteiger partial charge in [-0.2, -0.15) is 0 Å². The maximum Gasteiger partial charge on any atom is 0.221 e. The number of thiocarbonyl (C=S) groups is 4. The molecule has 4 heterocycles. The second-order valence-electron chi connectivity index (χ2n) is 25.0. The number of hydrogen-bond acceptors (Lipinski definition) is 12. The third kappa shape index (κ3) is 19.6. The van der Waals surface area contributed by atoms with E-state index in [0.717, 1.165) is 88.6 Å². The summed E-state index contributed by atoms with van der Waals surface area (Å²) < 4.78 is 7.30. The summed E-state index contributed by atoms with van der Waals surface area (Å²) in [4.78, 5) is 0. The third-order valence-electron chi connectivity index (χ3n) is 17.5. The van der Waals surface area contributed by atoms with Crippen molar-refractivity contribution in [3.8, 4) is 23.5 Å². The number of aromatic nitrogens is 4. The summed E-state index contributed by atoms with van der Waals surface area (Å²) in [6.07, 6.45) is 0. The fourth-order valence-corrected chi connectivity index (χ4v) is 12.9. The van der Waals surface area contributed by atoms with E-state index in [-0.39, 0.29) is 44.0 Å². The van der Waals surface area contributed by atoms with Crippen LogP contribution >= 0.6 is 48.9 Å². The van der Waals surface area contributed by atoms with Crippen molar-refractivity contribution < 1.29 is 20.4 Å². The monoisotopic (exact) mass is 1540 g/mol. The predicted octanol–water partition coefficient (Wildman–Crippen LogP) is 23.5. The van der Waals surface area contributed by atoms with E-state index in [2.05, 4.69) is 62.2 Å². The number of fused-ring (bicyclic) bond motifs is 4. The maximum absolute atomic E-state index is 10.8. The quantitative estimate of drug-likeness (QED) is 0.0332. The summed E-state index contributed by atoms with van der Waals surface area (Å²) in [6, 6.07) is 109. The van der Waals surface area contributed by atoms with Gasteiger partial charge in [-0.15, -0.1) is 40.9 Å². The van der Waals surface area contributed by atoms with Crippen molar-refractivity contribution >= 4 is 158 Å². The van der Waals surface area contributed by atoms with Gasteiger partial charge in [0.05, 0.1) is 48.2 Å². The molecule has 24 heteroatoms. The molecule has 4 aromatic heterocycles. The first-order valence-corrected chi connectivity index (χ1v) is 37.0. The zero-order chi connectivity index (χ0) is 77.4. The van der Waals surface area contributed by atoms with Crippen LogP contribution in [0.15, 0.2) is 381 Å². The molecule has 16 aromatic rings. The zero-order valence-corrected chi connectivity index (χ0v) is 63.2. The Morgan fingerprint density at radius 3 is 0.571 bits per heavy atom. The summed E-state index contributed by atoms with van der Waals surface area (Å²) in [6.45, 7) is 2.15. The average Bonchev–Trinajstić information content (AvgIpc) is 1.65. The molecule has 0 unspecified atom stereocenters. The molecule has 0 amide bonds. The van der Waals surface area contributed by atoms with Gasteiger partial charge in [0.25, 0.3) is 0 Å². The van der Waals surface area contributed by atoms with Gasteiger partial charge in [0.2, 0.25) is 44.0 Å². The van der Waals surface area contributed by atoms with Crippen LogP contribution in [0.4, 0.5) is 45.5 Å². The van der Waals surface area contributed by atoms with Crippen LogP contribution in [0.2, 0.25) is 0 Å². The van der Waals surface area contributed by atoms with Gasteiger partial charge in [-0.1, -0.05) is 267 Å². The van der Waals surface area contributed by atoms with E-state index in [1.807, 2.05) is 358 Å². The van der Waals surface area contributed by atoms with Crippen molar-refractivity contribution in [3.05, 3.63) is 362 Å². The molecule has 0 aliphatic carbocycles. The molecular weight excluding hydrogens is 1470 g/mol. The highest BCUT2D eigenvalue weighted by atomic mass is 32.1. The second kappa shape index (κ2) is 37.7. The molecule has 0 radical (unpaired) electrons. The standard InChI is InChI=1S/4C22H18N4OS/c4*27-21-20(24-25-22(28)23-17-11-5-2-6-12-17)18-13-7-8-14-19(18)26(21)15-16-9-3-1-4-10-16/h4*1-14,27H,15H2,(H,23,28). The summed E-state index contributed by atoms with van der Waals surface area (Å²) in [5, 5.41) is 92.9. The fourth-order valence-electron chi connectivity index (χ4n) is 12.2. The van der Waals surface area contributed by atoms with Crippen LogP contribution in [-0.2, 0) is 26.2 Å². The first-order chi connectivity index (χ1) is 54.9. The third-order valence-corrected chi connectivity index (χ3v) is 18.2. The Hall–Kier alpha value is -14.0. The Morgan fingerprint density at radius 2 is 0.384 bits per heavy atom. The number of azo groups is 4. The molecule has 20 nitrogen and oxygen atoms in total. The van der Waals surface area contributed by atoms with Crippen molar-refractivity contribution in [2.45, 2.75) is 26.2 Å². The molecule has 0 saturated heterocycles. The van der Waals surface area contributed by atoms with Gasteiger partial charge in [-0.05, 0) is 144 Å². The molecule has 0 spiro atoms. The first-order valence-electron chi connectivity index (χ1n) is 35.4.